The summed E-state index contributed by atoms with van der Waals surface area (Å²) >= 11 is 1.33. The number of hydrogen-bond acceptors (Lipinski definition) is 4. The van der Waals surface area contributed by atoms with E-state index in [1.807, 2.05) is 31.2 Å². The molecule has 0 saturated carbocycles. The number of thioether (sulfide) groups is 1. The van der Waals surface area contributed by atoms with Crippen LogP contribution in [0.15, 0.2) is 71.1 Å². The summed E-state index contributed by atoms with van der Waals surface area (Å²) in [7, 11) is 0. The van der Waals surface area contributed by atoms with Gasteiger partial charge in [0.15, 0.2) is 5.17 Å². The maximum Gasteiger partial charge on any atom is 0.335 e. The molecule has 4 rings (SSSR count). The van der Waals surface area contributed by atoms with E-state index < -0.39 is 5.97 Å². The monoisotopic (exact) mass is 445 g/mol. The average Bonchev–Trinajstić information content (AvgIpc) is 3.23. The number of para-hydroxylation sites is 1. The molecule has 1 aliphatic heterocycles. The molecular formula is C25H23N3O3S. The number of carboxylic acid groups (broad SMARTS) is 1. The first kappa shape index (κ1) is 21.6. The van der Waals surface area contributed by atoms with Gasteiger partial charge in [0.1, 0.15) is 0 Å². The molecule has 1 fully saturated rings. The number of aromatic carboxylic acids is 1. The smallest absolute Gasteiger partial charge is 0.335 e. The van der Waals surface area contributed by atoms with E-state index in [-0.39, 0.29) is 11.5 Å². The molecule has 1 aliphatic rings. The number of aliphatic imine (C=N–C) groups is 1. The normalized spacial score (nSPS) is 16.4. The lowest BCUT2D eigenvalue weighted by Crippen LogP contribution is -2.28. The molecule has 0 spiro atoms. The van der Waals surface area contributed by atoms with Crippen LogP contribution in [0.4, 0.5) is 5.69 Å². The van der Waals surface area contributed by atoms with Crippen molar-refractivity contribution in [3.05, 3.63) is 82.9 Å². The van der Waals surface area contributed by atoms with Crippen molar-refractivity contribution in [1.82, 2.24) is 9.47 Å². The quantitative estimate of drug-likeness (QED) is 0.404. The highest BCUT2D eigenvalue weighted by atomic mass is 32.2. The topological polar surface area (TPSA) is 74.9 Å². The van der Waals surface area contributed by atoms with Gasteiger partial charge in [0.2, 0.25) is 0 Å². The summed E-state index contributed by atoms with van der Waals surface area (Å²) < 4.78 is 2.19. The van der Waals surface area contributed by atoms with Crippen LogP contribution < -0.4 is 0 Å². The molecule has 6 nitrogen and oxygen atoms in total. The number of amidine groups is 1. The molecule has 0 aliphatic carbocycles. The molecule has 0 bridgehead atoms. The molecule has 0 unspecified atom stereocenters. The molecular weight excluding hydrogens is 422 g/mol. The number of carboxylic acids is 1. The Morgan fingerprint density at radius 2 is 1.91 bits per heavy atom. The third kappa shape index (κ3) is 3.87. The summed E-state index contributed by atoms with van der Waals surface area (Å²) in [5, 5.41) is 10.7. The Balaban J connectivity index is 1.74. The molecule has 7 heteroatoms. The maximum absolute atomic E-state index is 13.1. The van der Waals surface area contributed by atoms with Gasteiger partial charge in [-0.25, -0.2) is 9.79 Å². The van der Waals surface area contributed by atoms with Crippen LogP contribution >= 0.6 is 11.8 Å². The van der Waals surface area contributed by atoms with Crippen molar-refractivity contribution in [3.8, 4) is 0 Å². The predicted octanol–water partition coefficient (Wildman–Crippen LogP) is 5.46. The van der Waals surface area contributed by atoms with Crippen molar-refractivity contribution in [1.29, 1.82) is 0 Å². The number of carbonyl (C=O) groups is 2. The number of likely N-dealkylation sites (N-methyl/N-ethyl adjacent to an activating group) is 1. The Bertz CT molecular complexity index is 1290. The van der Waals surface area contributed by atoms with Gasteiger partial charge in [0.25, 0.3) is 5.91 Å². The molecule has 2 heterocycles. The van der Waals surface area contributed by atoms with E-state index in [0.717, 1.165) is 22.2 Å². The van der Waals surface area contributed by atoms with Crippen LogP contribution in [0.5, 0.6) is 0 Å². The number of rotatable bonds is 6. The number of aromatic nitrogens is 1. The number of nitrogens with zero attached hydrogens (tertiary/aromatic N) is 3. The molecule has 3 aromatic rings. The van der Waals surface area contributed by atoms with Gasteiger partial charge < -0.3 is 9.67 Å². The lowest BCUT2D eigenvalue weighted by atomic mass is 10.1. The van der Waals surface area contributed by atoms with Crippen molar-refractivity contribution in [2.24, 2.45) is 4.99 Å². The molecule has 0 radical (unpaired) electrons. The molecule has 0 atom stereocenters. The minimum absolute atomic E-state index is 0.0849. The highest BCUT2D eigenvalue weighted by Gasteiger charge is 2.32. The van der Waals surface area contributed by atoms with Gasteiger partial charge in [0, 0.05) is 35.2 Å². The van der Waals surface area contributed by atoms with Crippen LogP contribution in [0.1, 0.15) is 28.5 Å². The second-order valence-electron chi connectivity index (χ2n) is 7.32. The molecule has 1 aromatic heterocycles. The van der Waals surface area contributed by atoms with Crippen molar-refractivity contribution >= 4 is 51.5 Å². The highest BCUT2D eigenvalue weighted by Crippen LogP contribution is 2.36. The van der Waals surface area contributed by atoms with Crippen LogP contribution in [0.2, 0.25) is 0 Å². The largest absolute Gasteiger partial charge is 0.478 e. The van der Waals surface area contributed by atoms with Gasteiger partial charge in [-0.15, -0.1) is 6.58 Å². The first-order valence-electron chi connectivity index (χ1n) is 10.3. The van der Waals surface area contributed by atoms with Crippen LogP contribution in [0.3, 0.4) is 0 Å². The van der Waals surface area contributed by atoms with Crippen molar-refractivity contribution < 1.29 is 14.7 Å². The molecule has 32 heavy (non-hydrogen) atoms. The van der Waals surface area contributed by atoms with Crippen molar-refractivity contribution in [3.63, 3.8) is 0 Å². The highest BCUT2D eigenvalue weighted by molar-refractivity contribution is 8.18. The Morgan fingerprint density at radius 1 is 1.19 bits per heavy atom. The maximum atomic E-state index is 13.1. The van der Waals surface area contributed by atoms with Gasteiger partial charge in [-0.05, 0) is 62.0 Å². The van der Waals surface area contributed by atoms with E-state index in [0.29, 0.717) is 28.8 Å². The molecule has 1 N–H and O–H groups in total. The zero-order valence-electron chi connectivity index (χ0n) is 17.9. The van der Waals surface area contributed by atoms with Gasteiger partial charge in [0.05, 0.1) is 16.2 Å². The summed E-state index contributed by atoms with van der Waals surface area (Å²) in [6.45, 7) is 9.01. The Labute approximate surface area is 190 Å². The third-order valence-electron chi connectivity index (χ3n) is 5.41. The van der Waals surface area contributed by atoms with Crippen LogP contribution in [-0.4, -0.2) is 38.2 Å². The number of allylic oxidation sites excluding steroid dienone is 1. The first-order valence-corrected chi connectivity index (χ1v) is 11.1. The summed E-state index contributed by atoms with van der Waals surface area (Å²) in [5.41, 5.74) is 3.99. The fraction of sp³-hybridized carbons (Fsp3) is 0.160. The first-order chi connectivity index (χ1) is 15.4. The van der Waals surface area contributed by atoms with E-state index >= 15 is 0 Å². The fourth-order valence-electron chi connectivity index (χ4n) is 3.79. The lowest BCUT2D eigenvalue weighted by Gasteiger charge is -2.12. The molecule has 2 aromatic carbocycles. The van der Waals surface area contributed by atoms with E-state index in [9.17, 15) is 9.59 Å². The third-order valence-corrected chi connectivity index (χ3v) is 6.42. The number of hydrogen-bond donors (Lipinski definition) is 1. The Hall–Kier alpha value is -3.58. The Morgan fingerprint density at radius 3 is 2.56 bits per heavy atom. The summed E-state index contributed by atoms with van der Waals surface area (Å²) in [5.74, 6) is -1.07. The minimum atomic E-state index is -0.985. The van der Waals surface area contributed by atoms with E-state index in [1.165, 1.54) is 23.9 Å². The van der Waals surface area contributed by atoms with Crippen molar-refractivity contribution in [2.45, 2.75) is 20.4 Å². The zero-order chi connectivity index (χ0) is 22.8. The second-order valence-corrected chi connectivity index (χ2v) is 8.33. The van der Waals surface area contributed by atoms with Gasteiger partial charge in [-0.1, -0.05) is 24.3 Å². The Kier molecular flexibility index (Phi) is 6.01. The van der Waals surface area contributed by atoms with E-state index in [4.69, 9.17) is 5.11 Å². The number of carbonyl (C=O) groups excluding carboxylic acids is 1. The predicted molar refractivity (Wildman–Crippen MR) is 130 cm³/mol. The number of amides is 1. The standard InChI is InChI=1S/C25H23N3O3S/c1-4-14-28-16(3)20(19-8-6-7-9-21(19)28)15-22-23(29)27(5-2)25(32-22)26-18-12-10-17(11-13-18)24(30)31/h4,6-13,15H,1,5,14H2,2-3H3,(H,30,31). The van der Waals surface area contributed by atoms with Crippen LogP contribution in [0.25, 0.3) is 17.0 Å². The van der Waals surface area contributed by atoms with Gasteiger partial charge in [-0.2, -0.15) is 0 Å². The van der Waals surface area contributed by atoms with Crippen LogP contribution in [0, 0.1) is 6.92 Å². The molecule has 162 valence electrons. The minimum Gasteiger partial charge on any atom is -0.478 e. The number of fused-ring (bicyclic) bond motifs is 1. The zero-order valence-corrected chi connectivity index (χ0v) is 18.7. The van der Waals surface area contributed by atoms with E-state index in [2.05, 4.69) is 35.2 Å². The second kappa shape index (κ2) is 8.88. The van der Waals surface area contributed by atoms with Crippen LogP contribution in [-0.2, 0) is 11.3 Å². The molecule has 1 amide bonds. The molecule has 1 saturated heterocycles. The lowest BCUT2D eigenvalue weighted by molar-refractivity contribution is -0.122. The number of benzene rings is 2. The fourth-order valence-corrected chi connectivity index (χ4v) is 4.84. The summed E-state index contributed by atoms with van der Waals surface area (Å²) in [6.07, 6.45) is 3.81. The summed E-state index contributed by atoms with van der Waals surface area (Å²) in [6, 6.07) is 14.4. The van der Waals surface area contributed by atoms with E-state index in [1.54, 1.807) is 17.0 Å². The summed E-state index contributed by atoms with van der Waals surface area (Å²) in [4.78, 5) is 31.0. The van der Waals surface area contributed by atoms with Gasteiger partial charge in [-0.3, -0.25) is 9.69 Å². The SMILES string of the molecule is C=CCn1c(C)c(C=C2SC(=Nc3ccc(C(=O)O)cc3)N(CC)C2=O)c2ccccc21. The average molecular weight is 446 g/mol. The van der Waals surface area contributed by atoms with Crippen molar-refractivity contribution in [2.75, 3.05) is 6.54 Å². The van der Waals surface area contributed by atoms with Gasteiger partial charge >= 0.3 is 5.97 Å².